The van der Waals surface area contributed by atoms with Crippen LogP contribution in [-0.4, -0.2) is 25.8 Å². The molecule has 2 heteroatoms. The van der Waals surface area contributed by atoms with Gasteiger partial charge in [0.2, 0.25) is 0 Å². The van der Waals surface area contributed by atoms with Crippen LogP contribution in [0.3, 0.4) is 0 Å². The molecule has 0 aromatic rings. The molecule has 2 nitrogen and oxygen atoms in total. The number of nitrogens with one attached hydrogen (secondary N) is 1. The van der Waals surface area contributed by atoms with Gasteiger partial charge in [-0.3, -0.25) is 0 Å². The van der Waals surface area contributed by atoms with Gasteiger partial charge in [0, 0.05) is 13.2 Å². The van der Waals surface area contributed by atoms with E-state index >= 15 is 0 Å². The van der Waals surface area contributed by atoms with Crippen molar-refractivity contribution >= 4 is 0 Å². The summed E-state index contributed by atoms with van der Waals surface area (Å²) in [6.45, 7) is 2.21. The maximum Gasteiger partial charge on any atom is 0.0693 e. The fourth-order valence-electron chi connectivity index (χ4n) is 1.72. The van der Waals surface area contributed by atoms with Gasteiger partial charge in [-0.05, 0) is 39.7 Å². The second kappa shape index (κ2) is 3.55. The van der Waals surface area contributed by atoms with Crippen molar-refractivity contribution in [3.63, 3.8) is 0 Å². The predicted molar refractivity (Wildman–Crippen MR) is 46.7 cm³/mol. The average molecular weight is 157 g/mol. The van der Waals surface area contributed by atoms with Gasteiger partial charge in [0.1, 0.15) is 0 Å². The van der Waals surface area contributed by atoms with Crippen LogP contribution in [-0.2, 0) is 4.74 Å². The Balaban J connectivity index is 2.32. The molecule has 1 fully saturated rings. The molecule has 1 atom stereocenters. The second-order valence-electron chi connectivity index (χ2n) is 3.63. The lowest BCUT2D eigenvalue weighted by atomic mass is 9.76. The van der Waals surface area contributed by atoms with Crippen molar-refractivity contribution in [3.8, 4) is 0 Å². The first kappa shape index (κ1) is 9.01. The summed E-state index contributed by atoms with van der Waals surface area (Å²) in [7, 11) is 3.84. The zero-order chi connectivity index (χ0) is 8.32. The number of ether oxygens (including phenoxy) is 1. The molecule has 0 spiro atoms. The van der Waals surface area contributed by atoms with Crippen LogP contribution in [0.5, 0.6) is 0 Å². The van der Waals surface area contributed by atoms with Gasteiger partial charge in [0.15, 0.2) is 0 Å². The van der Waals surface area contributed by atoms with Crippen LogP contribution >= 0.6 is 0 Å². The SMILES string of the molecule is CNC(C)CC1(OC)CCC1. The molecule has 0 amide bonds. The van der Waals surface area contributed by atoms with Gasteiger partial charge in [0.05, 0.1) is 5.60 Å². The average Bonchev–Trinajstić information content (AvgIpc) is 1.96. The standard InChI is InChI=1S/C9H19NO/c1-8(10-2)7-9(11-3)5-4-6-9/h8,10H,4-7H2,1-3H3. The molecule has 1 saturated carbocycles. The summed E-state index contributed by atoms with van der Waals surface area (Å²) in [6, 6.07) is 0.579. The van der Waals surface area contributed by atoms with Crippen molar-refractivity contribution in [2.45, 2.75) is 44.2 Å². The third-order valence-corrected chi connectivity index (χ3v) is 2.87. The Morgan fingerprint density at radius 1 is 1.55 bits per heavy atom. The molecular weight excluding hydrogens is 138 g/mol. The lowest BCUT2D eigenvalue weighted by Gasteiger charge is -2.42. The summed E-state index contributed by atoms with van der Waals surface area (Å²) in [4.78, 5) is 0. The monoisotopic (exact) mass is 157 g/mol. The molecule has 1 rings (SSSR count). The summed E-state index contributed by atoms with van der Waals surface area (Å²) in [6.07, 6.45) is 4.98. The first-order valence-corrected chi connectivity index (χ1v) is 4.45. The van der Waals surface area contributed by atoms with Crippen LogP contribution in [0, 0.1) is 0 Å². The molecule has 11 heavy (non-hydrogen) atoms. The van der Waals surface area contributed by atoms with Crippen LogP contribution < -0.4 is 5.32 Å². The van der Waals surface area contributed by atoms with Gasteiger partial charge in [-0.1, -0.05) is 0 Å². The van der Waals surface area contributed by atoms with E-state index in [1.54, 1.807) is 0 Å². The van der Waals surface area contributed by atoms with Crippen LogP contribution in [0.4, 0.5) is 0 Å². The molecule has 0 aliphatic heterocycles. The normalized spacial score (nSPS) is 24.3. The molecule has 0 radical (unpaired) electrons. The fourth-order valence-corrected chi connectivity index (χ4v) is 1.72. The maximum atomic E-state index is 5.51. The fraction of sp³-hybridized carbons (Fsp3) is 1.00. The summed E-state index contributed by atoms with van der Waals surface area (Å²) in [5.74, 6) is 0. The van der Waals surface area contributed by atoms with E-state index in [0.717, 1.165) is 6.42 Å². The van der Waals surface area contributed by atoms with E-state index in [-0.39, 0.29) is 5.60 Å². The molecule has 0 saturated heterocycles. The molecule has 0 aromatic heterocycles. The van der Waals surface area contributed by atoms with Crippen molar-refractivity contribution in [1.82, 2.24) is 5.32 Å². The van der Waals surface area contributed by atoms with E-state index < -0.39 is 0 Å². The topological polar surface area (TPSA) is 21.3 Å². The summed E-state index contributed by atoms with van der Waals surface area (Å²) in [5.41, 5.74) is 0.225. The van der Waals surface area contributed by atoms with E-state index in [1.807, 2.05) is 14.2 Å². The molecule has 1 N–H and O–H groups in total. The van der Waals surface area contributed by atoms with Gasteiger partial charge in [-0.2, -0.15) is 0 Å². The number of hydrogen-bond acceptors (Lipinski definition) is 2. The van der Waals surface area contributed by atoms with Crippen molar-refractivity contribution in [2.24, 2.45) is 0 Å². The van der Waals surface area contributed by atoms with Crippen LogP contribution in [0.15, 0.2) is 0 Å². The summed E-state index contributed by atoms with van der Waals surface area (Å²) < 4.78 is 5.51. The highest BCUT2D eigenvalue weighted by Crippen LogP contribution is 2.38. The second-order valence-corrected chi connectivity index (χ2v) is 3.63. The Morgan fingerprint density at radius 2 is 2.18 bits per heavy atom. The van der Waals surface area contributed by atoms with E-state index in [9.17, 15) is 0 Å². The minimum absolute atomic E-state index is 0.225. The van der Waals surface area contributed by atoms with Gasteiger partial charge in [-0.15, -0.1) is 0 Å². The highest BCUT2D eigenvalue weighted by molar-refractivity contribution is 4.91. The minimum atomic E-state index is 0.225. The molecule has 1 unspecified atom stereocenters. The van der Waals surface area contributed by atoms with Crippen molar-refractivity contribution in [3.05, 3.63) is 0 Å². The molecular formula is C9H19NO. The summed E-state index contributed by atoms with van der Waals surface area (Å²) >= 11 is 0. The molecule has 1 aliphatic rings. The van der Waals surface area contributed by atoms with E-state index in [0.29, 0.717) is 6.04 Å². The molecule has 66 valence electrons. The smallest absolute Gasteiger partial charge is 0.0693 e. The Labute approximate surface area is 69.3 Å². The number of methoxy groups -OCH3 is 1. The number of rotatable bonds is 4. The molecule has 0 heterocycles. The van der Waals surface area contributed by atoms with E-state index in [4.69, 9.17) is 4.74 Å². The highest BCUT2D eigenvalue weighted by Gasteiger charge is 2.37. The Kier molecular flexibility index (Phi) is 2.90. The van der Waals surface area contributed by atoms with Crippen molar-refractivity contribution in [1.29, 1.82) is 0 Å². The zero-order valence-corrected chi connectivity index (χ0v) is 7.81. The van der Waals surface area contributed by atoms with Gasteiger partial charge < -0.3 is 10.1 Å². The Bertz CT molecular complexity index is 115. The first-order valence-electron chi connectivity index (χ1n) is 4.45. The highest BCUT2D eigenvalue weighted by atomic mass is 16.5. The van der Waals surface area contributed by atoms with Crippen LogP contribution in [0.25, 0.3) is 0 Å². The van der Waals surface area contributed by atoms with Crippen molar-refractivity contribution < 1.29 is 4.74 Å². The third-order valence-electron chi connectivity index (χ3n) is 2.87. The van der Waals surface area contributed by atoms with Gasteiger partial charge >= 0.3 is 0 Å². The number of hydrogen-bond donors (Lipinski definition) is 1. The largest absolute Gasteiger partial charge is 0.378 e. The molecule has 0 aromatic carbocycles. The van der Waals surface area contributed by atoms with Gasteiger partial charge in [0.25, 0.3) is 0 Å². The molecule has 1 aliphatic carbocycles. The van der Waals surface area contributed by atoms with E-state index in [2.05, 4.69) is 12.2 Å². The lowest BCUT2D eigenvalue weighted by molar-refractivity contribution is -0.0820. The van der Waals surface area contributed by atoms with Gasteiger partial charge in [-0.25, -0.2) is 0 Å². The van der Waals surface area contributed by atoms with Crippen LogP contribution in [0.2, 0.25) is 0 Å². The van der Waals surface area contributed by atoms with Crippen molar-refractivity contribution in [2.75, 3.05) is 14.2 Å². The predicted octanol–water partition coefficient (Wildman–Crippen LogP) is 1.55. The van der Waals surface area contributed by atoms with Crippen LogP contribution in [0.1, 0.15) is 32.6 Å². The Morgan fingerprint density at radius 3 is 2.45 bits per heavy atom. The first-order chi connectivity index (χ1) is 5.22. The lowest BCUT2D eigenvalue weighted by Crippen LogP contribution is -2.44. The molecule has 0 bridgehead atoms. The minimum Gasteiger partial charge on any atom is -0.378 e. The van der Waals surface area contributed by atoms with E-state index in [1.165, 1.54) is 19.3 Å². The maximum absolute atomic E-state index is 5.51. The third kappa shape index (κ3) is 1.94. The Hall–Kier alpha value is -0.0800. The quantitative estimate of drug-likeness (QED) is 0.668. The summed E-state index contributed by atoms with van der Waals surface area (Å²) in [5, 5.41) is 3.24. The zero-order valence-electron chi connectivity index (χ0n) is 7.81.